The fourth-order valence-corrected chi connectivity index (χ4v) is 4.46. The topological polar surface area (TPSA) is 64.6 Å². The van der Waals surface area contributed by atoms with Crippen molar-refractivity contribution in [2.75, 3.05) is 19.0 Å². The minimum absolute atomic E-state index is 0.214. The van der Waals surface area contributed by atoms with Gasteiger partial charge in [-0.2, -0.15) is 0 Å². The average Bonchev–Trinajstić information content (AvgIpc) is 2.68. The van der Waals surface area contributed by atoms with Crippen molar-refractivity contribution in [2.24, 2.45) is 0 Å². The summed E-state index contributed by atoms with van der Waals surface area (Å²) in [7, 11) is 1.61. The summed E-state index contributed by atoms with van der Waals surface area (Å²) in [6.07, 6.45) is -0.385. The van der Waals surface area contributed by atoms with E-state index >= 15 is 0 Å². The summed E-state index contributed by atoms with van der Waals surface area (Å²) in [5.74, 6) is -0.383. The third kappa shape index (κ3) is 4.72. The predicted octanol–water partition coefficient (Wildman–Crippen LogP) is 6.48. The molecule has 3 rings (SSSR count). The number of esters is 1. The van der Waals surface area contributed by atoms with Gasteiger partial charge in [-0.3, -0.25) is 9.59 Å². The van der Waals surface area contributed by atoms with Crippen molar-refractivity contribution in [1.82, 2.24) is 0 Å². The van der Waals surface area contributed by atoms with Gasteiger partial charge in [0.25, 0.3) is 0 Å². The first-order valence-corrected chi connectivity index (χ1v) is 10.6. The molecule has 0 aromatic heterocycles. The Labute approximate surface area is 192 Å². The monoisotopic (exact) mass is 509 g/mol. The number of carbonyl (C=O) groups excluding carboxylic acids is 2. The second-order valence-electron chi connectivity index (χ2n) is 6.33. The molecule has 0 spiro atoms. The van der Waals surface area contributed by atoms with Crippen molar-refractivity contribution in [3.8, 4) is 16.9 Å². The molecular weight excluding hydrogens is 493 g/mol. The lowest BCUT2D eigenvalue weighted by Crippen LogP contribution is -2.18. The zero-order chi connectivity index (χ0) is 21.8. The van der Waals surface area contributed by atoms with Crippen molar-refractivity contribution in [3.63, 3.8) is 0 Å². The molecule has 5 nitrogen and oxygen atoms in total. The number of carbonyl (C=O) groups is 2. The van der Waals surface area contributed by atoms with Gasteiger partial charge in [-0.1, -0.05) is 41.4 Å². The van der Waals surface area contributed by atoms with E-state index in [9.17, 15) is 9.59 Å². The van der Waals surface area contributed by atoms with Crippen LogP contribution in [0.4, 0.5) is 5.69 Å². The van der Waals surface area contributed by atoms with Gasteiger partial charge in [0.2, 0.25) is 5.91 Å². The number of nitrogens with one attached hydrogen (secondary N) is 1. The van der Waals surface area contributed by atoms with Crippen LogP contribution in [0.25, 0.3) is 21.9 Å². The number of amides is 1. The average molecular weight is 511 g/mol. The molecule has 30 heavy (non-hydrogen) atoms. The molecule has 1 amide bonds. The van der Waals surface area contributed by atoms with Crippen LogP contribution in [0.2, 0.25) is 10.0 Å². The van der Waals surface area contributed by atoms with Gasteiger partial charge in [0.15, 0.2) is 0 Å². The maximum atomic E-state index is 12.0. The summed E-state index contributed by atoms with van der Waals surface area (Å²) < 4.78 is 11.0. The van der Waals surface area contributed by atoms with Crippen LogP contribution < -0.4 is 10.1 Å². The number of ether oxygens (including phenoxy) is 2. The molecule has 0 saturated heterocycles. The number of halogens is 3. The summed E-state index contributed by atoms with van der Waals surface area (Å²) in [4.78, 5) is 23.5. The van der Waals surface area contributed by atoms with E-state index < -0.39 is 11.9 Å². The number of methoxy groups -OCH3 is 1. The number of fused-ring (bicyclic) bond motifs is 1. The second-order valence-corrected chi connectivity index (χ2v) is 7.93. The largest absolute Gasteiger partial charge is 0.496 e. The molecule has 0 unspecified atom stereocenters. The zero-order valence-electron chi connectivity index (χ0n) is 16.2. The normalized spacial score (nSPS) is 10.7. The summed E-state index contributed by atoms with van der Waals surface area (Å²) in [5.41, 5.74) is 1.88. The molecule has 0 aliphatic heterocycles. The zero-order valence-corrected chi connectivity index (χ0v) is 19.3. The smallest absolute Gasteiger partial charge is 0.315 e. The Kier molecular flexibility index (Phi) is 7.23. The second kappa shape index (κ2) is 9.69. The SMILES string of the molecule is CCOC(=O)CC(=O)Nc1cc(Cl)c(-c2cccc3c(Br)c(OC)ccc23)c(Cl)c1. The van der Waals surface area contributed by atoms with Crippen molar-refractivity contribution in [3.05, 3.63) is 57.0 Å². The molecule has 3 aromatic rings. The lowest BCUT2D eigenvalue weighted by Gasteiger charge is -2.15. The van der Waals surface area contributed by atoms with Crippen LogP contribution in [0, 0.1) is 0 Å². The molecular formula is C22H18BrCl2NO4. The number of hydrogen-bond acceptors (Lipinski definition) is 4. The molecule has 0 fully saturated rings. The quantitative estimate of drug-likeness (QED) is 0.304. The van der Waals surface area contributed by atoms with Crippen molar-refractivity contribution in [2.45, 2.75) is 13.3 Å². The number of rotatable bonds is 6. The Bertz CT molecular complexity index is 1110. The highest BCUT2D eigenvalue weighted by Gasteiger charge is 2.17. The highest BCUT2D eigenvalue weighted by atomic mass is 79.9. The summed E-state index contributed by atoms with van der Waals surface area (Å²) >= 11 is 16.7. The molecule has 0 atom stereocenters. The maximum Gasteiger partial charge on any atom is 0.315 e. The van der Waals surface area contributed by atoms with Crippen LogP contribution in [0.3, 0.4) is 0 Å². The summed E-state index contributed by atoms with van der Waals surface area (Å²) in [5, 5.41) is 5.25. The minimum atomic E-state index is -0.597. The Morgan fingerprint density at radius 3 is 2.40 bits per heavy atom. The van der Waals surface area contributed by atoms with Crippen LogP contribution in [0.15, 0.2) is 46.9 Å². The third-order valence-corrected chi connectivity index (χ3v) is 5.80. The first-order valence-electron chi connectivity index (χ1n) is 9.05. The fraction of sp³-hybridized carbons (Fsp3) is 0.182. The van der Waals surface area contributed by atoms with E-state index in [-0.39, 0.29) is 13.0 Å². The number of benzene rings is 3. The first-order chi connectivity index (χ1) is 14.3. The lowest BCUT2D eigenvalue weighted by molar-refractivity contribution is -0.145. The van der Waals surface area contributed by atoms with Crippen molar-refractivity contribution in [1.29, 1.82) is 0 Å². The van der Waals surface area contributed by atoms with E-state index in [1.54, 1.807) is 26.2 Å². The van der Waals surface area contributed by atoms with Crippen molar-refractivity contribution < 1.29 is 19.1 Å². The predicted molar refractivity (Wildman–Crippen MR) is 124 cm³/mol. The Morgan fingerprint density at radius 2 is 1.77 bits per heavy atom. The molecule has 0 radical (unpaired) electrons. The lowest BCUT2D eigenvalue weighted by atomic mass is 9.97. The highest BCUT2D eigenvalue weighted by molar-refractivity contribution is 9.10. The standard InChI is InChI=1S/C22H18BrCl2NO4/c1-3-30-20(28)11-19(27)26-12-9-16(24)21(17(25)10-12)14-5-4-6-15-13(14)7-8-18(29-2)22(15)23/h4-10H,3,11H2,1-2H3,(H,26,27). The molecule has 3 aromatic carbocycles. The highest BCUT2D eigenvalue weighted by Crippen LogP contribution is 2.43. The molecule has 1 N–H and O–H groups in total. The molecule has 0 saturated carbocycles. The molecule has 8 heteroatoms. The van der Waals surface area contributed by atoms with Gasteiger partial charge in [0.1, 0.15) is 12.2 Å². The Hall–Kier alpha value is -2.28. The van der Waals surface area contributed by atoms with Gasteiger partial charge in [-0.05, 0) is 58.1 Å². The Balaban J connectivity index is 1.98. The molecule has 0 aliphatic rings. The molecule has 0 bridgehead atoms. The van der Waals surface area contributed by atoms with Gasteiger partial charge in [0, 0.05) is 16.6 Å². The van der Waals surface area contributed by atoms with Gasteiger partial charge in [0.05, 0.1) is 28.2 Å². The van der Waals surface area contributed by atoms with E-state index in [1.165, 1.54) is 0 Å². The maximum absolute atomic E-state index is 12.0. The molecule has 0 aliphatic carbocycles. The van der Waals surface area contributed by atoms with Gasteiger partial charge in [-0.15, -0.1) is 0 Å². The van der Waals surface area contributed by atoms with Crippen LogP contribution in [0.1, 0.15) is 13.3 Å². The number of hydrogen-bond donors (Lipinski definition) is 1. The third-order valence-electron chi connectivity index (χ3n) is 4.39. The van der Waals surface area contributed by atoms with E-state index in [0.717, 1.165) is 26.6 Å². The van der Waals surface area contributed by atoms with Gasteiger partial charge >= 0.3 is 5.97 Å². The number of anilines is 1. The van der Waals surface area contributed by atoms with E-state index in [4.69, 9.17) is 32.7 Å². The van der Waals surface area contributed by atoms with Crippen molar-refractivity contribution >= 4 is 67.5 Å². The molecule has 156 valence electrons. The van der Waals surface area contributed by atoms with Gasteiger partial charge < -0.3 is 14.8 Å². The summed E-state index contributed by atoms with van der Waals surface area (Å²) in [6, 6.07) is 12.8. The van der Waals surface area contributed by atoms with E-state index in [0.29, 0.717) is 21.3 Å². The summed E-state index contributed by atoms with van der Waals surface area (Å²) in [6.45, 7) is 1.89. The molecule has 0 heterocycles. The van der Waals surface area contributed by atoms with Crippen LogP contribution in [-0.4, -0.2) is 25.6 Å². The van der Waals surface area contributed by atoms with Crippen LogP contribution in [0.5, 0.6) is 5.75 Å². The fourth-order valence-electron chi connectivity index (χ4n) is 3.13. The first kappa shape index (κ1) is 22.4. The van der Waals surface area contributed by atoms with Gasteiger partial charge in [-0.25, -0.2) is 0 Å². The van der Waals surface area contributed by atoms with E-state index in [1.807, 2.05) is 30.3 Å². The van der Waals surface area contributed by atoms with Crippen LogP contribution >= 0.6 is 39.1 Å². The minimum Gasteiger partial charge on any atom is -0.496 e. The van der Waals surface area contributed by atoms with Crippen LogP contribution in [-0.2, 0) is 14.3 Å². The Morgan fingerprint density at radius 1 is 1.07 bits per heavy atom. The van der Waals surface area contributed by atoms with E-state index in [2.05, 4.69) is 21.2 Å².